The van der Waals surface area contributed by atoms with Gasteiger partial charge in [0.1, 0.15) is 0 Å². The van der Waals surface area contributed by atoms with Crippen molar-refractivity contribution in [3.05, 3.63) is 35.4 Å². The molecule has 17 heavy (non-hydrogen) atoms. The predicted octanol–water partition coefficient (Wildman–Crippen LogP) is 2.14. The third kappa shape index (κ3) is 1.76. The Labute approximate surface area is 103 Å². The molecule has 1 aromatic rings. The molecule has 0 bridgehead atoms. The molecule has 2 heteroatoms. The molecule has 2 heterocycles. The van der Waals surface area contributed by atoms with E-state index in [2.05, 4.69) is 35.1 Å². The Balaban J connectivity index is 1.80. The van der Waals surface area contributed by atoms with Gasteiger partial charge >= 0.3 is 0 Å². The highest BCUT2D eigenvalue weighted by Gasteiger charge is 2.42. The third-order valence-corrected chi connectivity index (χ3v) is 3.99. The first kappa shape index (κ1) is 10.8. The summed E-state index contributed by atoms with van der Waals surface area (Å²) in [5.41, 5.74) is 2.74. The van der Waals surface area contributed by atoms with Gasteiger partial charge in [-0.2, -0.15) is 0 Å². The number of hydrogen-bond acceptors (Lipinski definition) is 2. The highest BCUT2D eigenvalue weighted by Crippen LogP contribution is 2.43. The lowest BCUT2D eigenvalue weighted by Crippen LogP contribution is -2.42. The minimum atomic E-state index is -0.0261. The summed E-state index contributed by atoms with van der Waals surface area (Å²) in [4.78, 5) is 2.33. The number of nitrogens with zero attached hydrogens (tertiary/aromatic N) is 1. The van der Waals surface area contributed by atoms with Crippen molar-refractivity contribution in [2.45, 2.75) is 25.0 Å². The third-order valence-electron chi connectivity index (χ3n) is 3.99. The molecule has 3 rings (SSSR count). The Morgan fingerprint density at radius 3 is 2.82 bits per heavy atom. The molecule has 0 radical (unpaired) electrons. The molecule has 1 spiro atoms. The second kappa shape index (κ2) is 4.18. The predicted molar refractivity (Wildman–Crippen MR) is 67.4 cm³/mol. The number of benzene rings is 1. The first-order valence-corrected chi connectivity index (χ1v) is 6.22. The average molecular weight is 227 g/mol. The summed E-state index contributed by atoms with van der Waals surface area (Å²) in [5, 5.41) is 0. The van der Waals surface area contributed by atoms with Gasteiger partial charge < -0.3 is 4.74 Å². The van der Waals surface area contributed by atoms with E-state index in [1.54, 1.807) is 0 Å². The normalized spacial score (nSPS) is 22.3. The zero-order chi connectivity index (χ0) is 11.7. The summed E-state index contributed by atoms with van der Waals surface area (Å²) < 4.78 is 6.10. The lowest BCUT2D eigenvalue weighted by molar-refractivity contribution is -0.0771. The number of ether oxygens (including phenoxy) is 1. The fourth-order valence-electron chi connectivity index (χ4n) is 3.00. The summed E-state index contributed by atoms with van der Waals surface area (Å²) in [5.74, 6) is 2.72. The van der Waals surface area contributed by atoms with Gasteiger partial charge in [0, 0.05) is 13.1 Å². The zero-order valence-electron chi connectivity index (χ0n) is 9.98. The van der Waals surface area contributed by atoms with E-state index in [-0.39, 0.29) is 5.60 Å². The minimum absolute atomic E-state index is 0.0261. The number of hydrogen-bond donors (Lipinski definition) is 0. The molecule has 0 aliphatic carbocycles. The van der Waals surface area contributed by atoms with Gasteiger partial charge in [-0.1, -0.05) is 30.2 Å². The Kier molecular flexibility index (Phi) is 2.66. The monoisotopic (exact) mass is 227 g/mol. The van der Waals surface area contributed by atoms with Crippen LogP contribution in [-0.2, 0) is 16.9 Å². The van der Waals surface area contributed by atoms with E-state index >= 15 is 0 Å². The molecule has 2 aliphatic heterocycles. The molecule has 2 nitrogen and oxygen atoms in total. The first-order chi connectivity index (χ1) is 8.34. The maximum atomic E-state index is 6.10. The van der Waals surface area contributed by atoms with Crippen LogP contribution in [0.15, 0.2) is 24.3 Å². The fraction of sp³-hybridized carbons (Fsp3) is 0.467. The van der Waals surface area contributed by atoms with Crippen LogP contribution in [-0.4, -0.2) is 24.5 Å². The van der Waals surface area contributed by atoms with E-state index in [9.17, 15) is 0 Å². The SMILES string of the molecule is C#CCN1CCC2(CC1)OCc1ccccc12. The van der Waals surface area contributed by atoms with Crippen LogP contribution in [0.4, 0.5) is 0 Å². The number of rotatable bonds is 1. The standard InChI is InChI=1S/C15H17NO/c1-2-9-16-10-7-15(8-11-16)14-6-4-3-5-13(14)12-17-15/h1,3-6H,7-12H2. The lowest BCUT2D eigenvalue weighted by Gasteiger charge is -2.38. The van der Waals surface area contributed by atoms with Crippen molar-refractivity contribution in [1.82, 2.24) is 4.90 Å². The van der Waals surface area contributed by atoms with Crippen LogP contribution in [0.3, 0.4) is 0 Å². The first-order valence-electron chi connectivity index (χ1n) is 6.22. The van der Waals surface area contributed by atoms with Crippen molar-refractivity contribution >= 4 is 0 Å². The van der Waals surface area contributed by atoms with Crippen LogP contribution in [0.5, 0.6) is 0 Å². The van der Waals surface area contributed by atoms with Gasteiger partial charge in [0.2, 0.25) is 0 Å². The molecule has 0 amide bonds. The lowest BCUT2D eigenvalue weighted by atomic mass is 9.84. The smallest absolute Gasteiger partial charge is 0.0963 e. The zero-order valence-corrected chi connectivity index (χ0v) is 9.98. The van der Waals surface area contributed by atoms with Crippen LogP contribution in [0.2, 0.25) is 0 Å². The molecule has 1 saturated heterocycles. The molecule has 0 aromatic heterocycles. The maximum Gasteiger partial charge on any atom is 0.0963 e. The second-order valence-corrected chi connectivity index (χ2v) is 4.92. The highest BCUT2D eigenvalue weighted by atomic mass is 16.5. The molecular formula is C15H17NO. The Hall–Kier alpha value is -1.30. The number of terminal acetylenes is 1. The van der Waals surface area contributed by atoms with Crippen LogP contribution in [0, 0.1) is 12.3 Å². The van der Waals surface area contributed by atoms with Gasteiger partial charge in [0.05, 0.1) is 18.8 Å². The van der Waals surface area contributed by atoms with Crippen LogP contribution in [0.1, 0.15) is 24.0 Å². The molecular weight excluding hydrogens is 210 g/mol. The Morgan fingerprint density at radius 2 is 2.06 bits per heavy atom. The topological polar surface area (TPSA) is 12.5 Å². The highest BCUT2D eigenvalue weighted by molar-refractivity contribution is 5.35. The van der Waals surface area contributed by atoms with Crippen molar-refractivity contribution in [2.24, 2.45) is 0 Å². The average Bonchev–Trinajstić information content (AvgIpc) is 2.73. The molecule has 2 aliphatic rings. The van der Waals surface area contributed by atoms with Crippen molar-refractivity contribution in [3.8, 4) is 12.3 Å². The maximum absolute atomic E-state index is 6.10. The van der Waals surface area contributed by atoms with Crippen molar-refractivity contribution in [3.63, 3.8) is 0 Å². The Bertz CT molecular complexity index is 452. The van der Waals surface area contributed by atoms with Gasteiger partial charge in [-0.15, -0.1) is 6.42 Å². The molecule has 0 atom stereocenters. The molecule has 88 valence electrons. The second-order valence-electron chi connectivity index (χ2n) is 4.92. The van der Waals surface area contributed by atoms with Crippen LogP contribution in [0.25, 0.3) is 0 Å². The van der Waals surface area contributed by atoms with Crippen molar-refractivity contribution in [2.75, 3.05) is 19.6 Å². The summed E-state index contributed by atoms with van der Waals surface area (Å²) in [7, 11) is 0. The summed E-state index contributed by atoms with van der Waals surface area (Å²) in [6.45, 7) is 3.61. The van der Waals surface area contributed by atoms with E-state index in [0.717, 1.165) is 39.1 Å². The van der Waals surface area contributed by atoms with E-state index in [1.165, 1.54) is 11.1 Å². The Morgan fingerprint density at radius 1 is 1.29 bits per heavy atom. The quantitative estimate of drug-likeness (QED) is 0.682. The molecule has 1 fully saturated rings. The van der Waals surface area contributed by atoms with Gasteiger partial charge in [-0.05, 0) is 24.0 Å². The summed E-state index contributed by atoms with van der Waals surface area (Å²) in [6, 6.07) is 8.61. The fourth-order valence-corrected chi connectivity index (χ4v) is 3.00. The van der Waals surface area contributed by atoms with Gasteiger partial charge in [-0.3, -0.25) is 4.90 Å². The van der Waals surface area contributed by atoms with E-state index in [1.807, 2.05) is 0 Å². The van der Waals surface area contributed by atoms with E-state index in [4.69, 9.17) is 11.2 Å². The van der Waals surface area contributed by atoms with Crippen molar-refractivity contribution in [1.29, 1.82) is 0 Å². The van der Waals surface area contributed by atoms with Crippen LogP contribution >= 0.6 is 0 Å². The summed E-state index contributed by atoms with van der Waals surface area (Å²) in [6.07, 6.45) is 7.48. The number of likely N-dealkylation sites (tertiary alicyclic amines) is 1. The van der Waals surface area contributed by atoms with Crippen LogP contribution < -0.4 is 0 Å². The van der Waals surface area contributed by atoms with Gasteiger partial charge in [0.15, 0.2) is 0 Å². The summed E-state index contributed by atoms with van der Waals surface area (Å²) >= 11 is 0. The molecule has 0 unspecified atom stereocenters. The minimum Gasteiger partial charge on any atom is -0.365 e. The van der Waals surface area contributed by atoms with Crippen molar-refractivity contribution < 1.29 is 4.74 Å². The van der Waals surface area contributed by atoms with E-state index < -0.39 is 0 Å². The molecule has 0 N–H and O–H groups in total. The molecule has 0 saturated carbocycles. The van der Waals surface area contributed by atoms with E-state index in [0.29, 0.717) is 0 Å². The largest absolute Gasteiger partial charge is 0.365 e. The number of fused-ring (bicyclic) bond motifs is 2. The number of piperidine rings is 1. The van der Waals surface area contributed by atoms with Gasteiger partial charge in [-0.25, -0.2) is 0 Å². The van der Waals surface area contributed by atoms with Gasteiger partial charge in [0.25, 0.3) is 0 Å². The molecule has 1 aromatic carbocycles.